The largest absolute Gasteiger partial charge is 0.309 e. The Morgan fingerprint density at radius 1 is 1.29 bits per heavy atom. The summed E-state index contributed by atoms with van der Waals surface area (Å²) in [6.07, 6.45) is 6.14. The summed E-state index contributed by atoms with van der Waals surface area (Å²) in [7, 11) is 4.40. The van der Waals surface area contributed by atoms with Crippen molar-refractivity contribution in [2.45, 2.75) is 64.6 Å². The molecule has 1 aliphatic rings. The smallest absolute Gasteiger partial charge is 0.0863 e. The molecule has 1 aromatic rings. The lowest BCUT2D eigenvalue weighted by atomic mass is 9.96. The Morgan fingerprint density at radius 3 is 2.48 bits per heavy atom. The maximum Gasteiger partial charge on any atom is 0.0863 e. The van der Waals surface area contributed by atoms with E-state index in [0.29, 0.717) is 5.54 Å². The maximum absolute atomic E-state index is 6.47. The lowest BCUT2D eigenvalue weighted by Gasteiger charge is -2.36. The summed E-state index contributed by atoms with van der Waals surface area (Å²) in [4.78, 5) is 2.39. The van der Waals surface area contributed by atoms with Gasteiger partial charge in [-0.25, -0.2) is 0 Å². The predicted octanol–water partition coefficient (Wildman–Crippen LogP) is 3.08. The second kappa shape index (κ2) is 7.12. The Morgan fingerprint density at radius 2 is 1.95 bits per heavy atom. The lowest BCUT2D eigenvalue weighted by molar-refractivity contribution is 0.153. The Hall–Kier alpha value is -0.580. The van der Waals surface area contributed by atoms with Crippen LogP contribution in [-0.4, -0.2) is 40.9 Å². The van der Waals surface area contributed by atoms with E-state index >= 15 is 0 Å². The molecule has 1 saturated carbocycles. The molecule has 2 rings (SSSR count). The van der Waals surface area contributed by atoms with Crippen LogP contribution in [0.4, 0.5) is 0 Å². The summed E-state index contributed by atoms with van der Waals surface area (Å²) in [5.41, 5.74) is 2.46. The molecule has 21 heavy (non-hydrogen) atoms. The Labute approximate surface area is 133 Å². The molecule has 4 nitrogen and oxygen atoms in total. The molecule has 0 atom stereocenters. The zero-order chi connectivity index (χ0) is 15.5. The van der Waals surface area contributed by atoms with Gasteiger partial charge in [-0.1, -0.05) is 31.4 Å². The molecule has 0 unspecified atom stereocenters. The highest BCUT2D eigenvalue weighted by molar-refractivity contribution is 6.31. The molecule has 1 N–H and O–H groups in total. The third kappa shape index (κ3) is 3.43. The van der Waals surface area contributed by atoms with Gasteiger partial charge in [0.15, 0.2) is 0 Å². The fraction of sp³-hybridized carbons (Fsp3) is 0.812. The average molecular weight is 313 g/mol. The van der Waals surface area contributed by atoms with E-state index in [0.717, 1.165) is 42.5 Å². The van der Waals surface area contributed by atoms with E-state index in [1.54, 1.807) is 0 Å². The third-order valence-corrected chi connectivity index (χ3v) is 5.36. The number of nitrogens with one attached hydrogen (secondary N) is 1. The monoisotopic (exact) mass is 312 g/mol. The molecule has 0 saturated heterocycles. The number of aromatic nitrogens is 2. The Kier molecular flexibility index (Phi) is 5.69. The van der Waals surface area contributed by atoms with Crippen LogP contribution >= 0.6 is 11.6 Å². The molecule has 1 aromatic heterocycles. The minimum atomic E-state index is 0.317. The number of rotatable bonds is 7. The van der Waals surface area contributed by atoms with Gasteiger partial charge in [0.25, 0.3) is 0 Å². The molecule has 120 valence electrons. The average Bonchev–Trinajstić information content (AvgIpc) is 3.06. The van der Waals surface area contributed by atoms with Crippen molar-refractivity contribution in [3.05, 3.63) is 16.4 Å². The number of hydrogen-bond donors (Lipinski definition) is 1. The molecule has 5 heteroatoms. The maximum atomic E-state index is 6.47. The number of hydrogen-bond acceptors (Lipinski definition) is 3. The molecule has 0 aromatic carbocycles. The molecular formula is C16H29ClN4. The predicted molar refractivity (Wildman–Crippen MR) is 88.9 cm³/mol. The molecule has 0 bridgehead atoms. The highest BCUT2D eigenvalue weighted by atomic mass is 35.5. The van der Waals surface area contributed by atoms with Gasteiger partial charge < -0.3 is 10.2 Å². The van der Waals surface area contributed by atoms with Crippen molar-refractivity contribution in [1.82, 2.24) is 20.0 Å². The first kappa shape index (κ1) is 16.8. The molecule has 0 radical (unpaired) electrons. The second-order valence-corrected chi connectivity index (χ2v) is 6.68. The van der Waals surface area contributed by atoms with E-state index in [-0.39, 0.29) is 0 Å². The van der Waals surface area contributed by atoms with E-state index in [1.807, 2.05) is 4.68 Å². The van der Waals surface area contributed by atoms with Crippen molar-refractivity contribution in [3.8, 4) is 0 Å². The molecule has 1 aliphatic carbocycles. The molecule has 0 amide bonds. The van der Waals surface area contributed by atoms with Crippen molar-refractivity contribution in [3.63, 3.8) is 0 Å². The summed E-state index contributed by atoms with van der Waals surface area (Å²) in [6, 6.07) is 0. The highest BCUT2D eigenvalue weighted by Gasteiger charge is 2.35. The molecule has 1 heterocycles. The van der Waals surface area contributed by atoms with Gasteiger partial charge in [-0.15, -0.1) is 0 Å². The quantitative estimate of drug-likeness (QED) is 0.840. The number of nitrogens with zero attached hydrogens (tertiary/aromatic N) is 3. The van der Waals surface area contributed by atoms with E-state index in [2.05, 4.69) is 43.3 Å². The summed E-state index contributed by atoms with van der Waals surface area (Å²) < 4.78 is 2.03. The standard InChI is InChI=1S/C16H29ClN4/c1-5-13-15(17)14(21(6-2)19-13)11-18-12-16(20(3)4)9-7-8-10-16/h18H,5-12H2,1-4H3. The van der Waals surface area contributed by atoms with Gasteiger partial charge in [-0.05, 0) is 40.3 Å². The van der Waals surface area contributed by atoms with Crippen molar-refractivity contribution in [1.29, 1.82) is 0 Å². The normalized spacial score (nSPS) is 17.8. The summed E-state index contributed by atoms with van der Waals surface area (Å²) in [5.74, 6) is 0. The minimum absolute atomic E-state index is 0.317. The van der Waals surface area contributed by atoms with Crippen molar-refractivity contribution in [2.24, 2.45) is 0 Å². The zero-order valence-corrected chi connectivity index (χ0v) is 14.6. The lowest BCUT2D eigenvalue weighted by Crippen LogP contribution is -2.49. The van der Waals surface area contributed by atoms with Gasteiger partial charge in [-0.3, -0.25) is 4.68 Å². The Bertz CT molecular complexity index is 461. The van der Waals surface area contributed by atoms with Gasteiger partial charge in [0.05, 0.1) is 16.4 Å². The fourth-order valence-electron chi connectivity index (χ4n) is 3.41. The van der Waals surface area contributed by atoms with Crippen LogP contribution in [0.25, 0.3) is 0 Å². The molecule has 0 spiro atoms. The van der Waals surface area contributed by atoms with E-state index < -0.39 is 0 Å². The van der Waals surface area contributed by atoms with Crippen molar-refractivity contribution < 1.29 is 0 Å². The van der Waals surface area contributed by atoms with Gasteiger partial charge in [0.2, 0.25) is 0 Å². The SMILES string of the molecule is CCc1nn(CC)c(CNCC2(N(C)C)CCCC2)c1Cl. The molecular weight excluding hydrogens is 284 g/mol. The number of halogens is 1. The van der Waals surface area contributed by atoms with Crippen LogP contribution in [0.3, 0.4) is 0 Å². The second-order valence-electron chi connectivity index (χ2n) is 6.31. The first-order valence-corrected chi connectivity index (χ1v) is 8.54. The Balaban J connectivity index is 2.01. The van der Waals surface area contributed by atoms with Crippen molar-refractivity contribution >= 4 is 11.6 Å². The summed E-state index contributed by atoms with van der Waals surface area (Å²) in [6.45, 7) is 6.91. The molecule has 1 fully saturated rings. The number of likely N-dealkylation sites (N-methyl/N-ethyl adjacent to an activating group) is 1. The van der Waals surface area contributed by atoms with Crippen LogP contribution in [0.5, 0.6) is 0 Å². The minimum Gasteiger partial charge on any atom is -0.309 e. The van der Waals surface area contributed by atoms with Crippen molar-refractivity contribution in [2.75, 3.05) is 20.6 Å². The fourth-order valence-corrected chi connectivity index (χ4v) is 3.75. The van der Waals surface area contributed by atoms with Crippen LogP contribution < -0.4 is 5.32 Å². The topological polar surface area (TPSA) is 33.1 Å². The van der Waals surface area contributed by atoms with Gasteiger partial charge >= 0.3 is 0 Å². The third-order valence-electron chi connectivity index (χ3n) is 4.92. The highest BCUT2D eigenvalue weighted by Crippen LogP contribution is 2.33. The van der Waals surface area contributed by atoms with E-state index in [1.165, 1.54) is 25.7 Å². The summed E-state index contributed by atoms with van der Waals surface area (Å²) >= 11 is 6.47. The van der Waals surface area contributed by atoms with E-state index in [9.17, 15) is 0 Å². The van der Waals surface area contributed by atoms with Crippen LogP contribution in [0.1, 0.15) is 50.9 Å². The summed E-state index contributed by atoms with van der Waals surface area (Å²) in [5, 5.41) is 9.06. The van der Waals surface area contributed by atoms with Crippen LogP contribution in [0, 0.1) is 0 Å². The van der Waals surface area contributed by atoms with E-state index in [4.69, 9.17) is 11.6 Å². The number of aryl methyl sites for hydroxylation is 2. The first-order valence-electron chi connectivity index (χ1n) is 8.16. The molecule has 0 aliphatic heterocycles. The van der Waals surface area contributed by atoms with Gasteiger partial charge in [0, 0.05) is 25.2 Å². The van der Waals surface area contributed by atoms with Crippen LogP contribution in [-0.2, 0) is 19.5 Å². The van der Waals surface area contributed by atoms with Crippen LogP contribution in [0.15, 0.2) is 0 Å². The van der Waals surface area contributed by atoms with Crippen LogP contribution in [0.2, 0.25) is 5.02 Å². The zero-order valence-electron chi connectivity index (χ0n) is 13.9. The first-order chi connectivity index (χ1) is 10.0. The van der Waals surface area contributed by atoms with Gasteiger partial charge in [0.1, 0.15) is 0 Å². The van der Waals surface area contributed by atoms with Gasteiger partial charge in [-0.2, -0.15) is 5.10 Å².